The van der Waals surface area contributed by atoms with Crippen molar-refractivity contribution in [2.45, 2.75) is 12.5 Å². The molecule has 0 aliphatic heterocycles. The van der Waals surface area contributed by atoms with Gasteiger partial charge < -0.3 is 4.85 Å². The quantitative estimate of drug-likeness (QED) is 0.671. The van der Waals surface area contributed by atoms with Gasteiger partial charge in [-0.05, 0) is 5.56 Å². The summed E-state index contributed by atoms with van der Waals surface area (Å²) in [5.74, 6) is 0. The van der Waals surface area contributed by atoms with Crippen LogP contribution in [0.15, 0.2) is 66.7 Å². The highest BCUT2D eigenvalue weighted by molar-refractivity contribution is 5.48. The summed E-state index contributed by atoms with van der Waals surface area (Å²) < 4.78 is 0. The third kappa shape index (κ3) is 3.33. The minimum atomic E-state index is -0.0776. The highest BCUT2D eigenvalue weighted by Gasteiger charge is 2.12. The minimum absolute atomic E-state index is 0.0776. The van der Waals surface area contributed by atoms with Crippen LogP contribution in [0.5, 0.6) is 0 Å². The van der Waals surface area contributed by atoms with Crippen molar-refractivity contribution in [2.75, 3.05) is 0 Å². The molecule has 0 fully saturated rings. The van der Waals surface area contributed by atoms with Crippen LogP contribution in [0.3, 0.4) is 0 Å². The molecule has 2 aromatic carbocycles. The summed E-state index contributed by atoms with van der Waals surface area (Å²) >= 11 is 0. The Morgan fingerprint density at radius 1 is 0.944 bits per heavy atom. The van der Waals surface area contributed by atoms with Crippen LogP contribution in [-0.2, 0) is 0 Å². The van der Waals surface area contributed by atoms with Gasteiger partial charge in [0.05, 0.1) is 0 Å². The standard InChI is InChI=1S/C17H15N/c1-18-17(16-12-6-3-7-13-16)14-8-11-15-9-4-2-5-10-15/h2-13,17H,14H2/b11-8+. The summed E-state index contributed by atoms with van der Waals surface area (Å²) in [5.41, 5.74) is 2.26. The number of rotatable bonds is 4. The van der Waals surface area contributed by atoms with E-state index in [2.05, 4.69) is 29.1 Å². The highest BCUT2D eigenvalue weighted by Crippen LogP contribution is 2.21. The fraction of sp³-hybridized carbons (Fsp3) is 0.118. The van der Waals surface area contributed by atoms with Gasteiger partial charge in [-0.3, -0.25) is 0 Å². The zero-order valence-electron chi connectivity index (χ0n) is 10.2. The van der Waals surface area contributed by atoms with E-state index in [1.807, 2.05) is 48.5 Å². The molecule has 1 atom stereocenters. The van der Waals surface area contributed by atoms with Gasteiger partial charge in [-0.15, -0.1) is 0 Å². The van der Waals surface area contributed by atoms with E-state index in [1.165, 1.54) is 5.56 Å². The summed E-state index contributed by atoms with van der Waals surface area (Å²) in [5, 5.41) is 0. The first-order valence-corrected chi connectivity index (χ1v) is 6.03. The van der Waals surface area contributed by atoms with E-state index in [0.717, 1.165) is 12.0 Å². The van der Waals surface area contributed by atoms with E-state index in [0.29, 0.717) is 0 Å². The Balaban J connectivity index is 2.01. The smallest absolute Gasteiger partial charge is 0.252 e. The summed E-state index contributed by atoms with van der Waals surface area (Å²) in [4.78, 5) is 3.69. The second kappa shape index (κ2) is 6.42. The predicted octanol–water partition coefficient (Wildman–Crippen LogP) is 4.75. The van der Waals surface area contributed by atoms with Gasteiger partial charge in [-0.25, -0.2) is 6.57 Å². The molecule has 0 radical (unpaired) electrons. The Labute approximate surface area is 108 Å². The Kier molecular flexibility index (Phi) is 4.33. The summed E-state index contributed by atoms with van der Waals surface area (Å²) in [6.45, 7) is 7.27. The molecule has 2 aromatic rings. The highest BCUT2D eigenvalue weighted by atomic mass is 14.7. The molecule has 2 rings (SSSR count). The van der Waals surface area contributed by atoms with Crippen LogP contribution in [0.25, 0.3) is 10.9 Å². The molecule has 0 aromatic heterocycles. The van der Waals surface area contributed by atoms with Crippen molar-refractivity contribution in [3.63, 3.8) is 0 Å². The molecular weight excluding hydrogens is 218 g/mol. The Bertz CT molecular complexity index is 535. The molecular formula is C17H15N. The van der Waals surface area contributed by atoms with E-state index in [4.69, 9.17) is 6.57 Å². The maximum Gasteiger partial charge on any atom is 0.252 e. The SMILES string of the molecule is [C-]#[N+]C(C/C=C/c1ccccc1)c1ccccc1. The largest absolute Gasteiger partial charge is 0.308 e. The zero-order chi connectivity index (χ0) is 12.6. The lowest BCUT2D eigenvalue weighted by molar-refractivity contribution is 0.861. The van der Waals surface area contributed by atoms with E-state index < -0.39 is 0 Å². The Morgan fingerprint density at radius 3 is 2.17 bits per heavy atom. The normalized spacial score (nSPS) is 12.2. The van der Waals surface area contributed by atoms with Crippen molar-refractivity contribution in [1.29, 1.82) is 0 Å². The molecule has 18 heavy (non-hydrogen) atoms. The van der Waals surface area contributed by atoms with E-state index >= 15 is 0 Å². The number of nitrogens with zero attached hydrogens (tertiary/aromatic N) is 1. The van der Waals surface area contributed by atoms with Crippen molar-refractivity contribution in [3.05, 3.63) is 89.3 Å². The first kappa shape index (κ1) is 12.1. The number of benzene rings is 2. The van der Waals surface area contributed by atoms with Crippen molar-refractivity contribution < 1.29 is 0 Å². The molecule has 0 aliphatic carbocycles. The number of hydrogen-bond acceptors (Lipinski definition) is 0. The third-order valence-corrected chi connectivity index (χ3v) is 2.81. The molecule has 1 unspecified atom stereocenters. The molecule has 0 spiro atoms. The first-order valence-electron chi connectivity index (χ1n) is 6.03. The molecule has 0 heterocycles. The van der Waals surface area contributed by atoms with Gasteiger partial charge in [0.25, 0.3) is 6.04 Å². The third-order valence-electron chi connectivity index (χ3n) is 2.81. The van der Waals surface area contributed by atoms with Crippen molar-refractivity contribution in [3.8, 4) is 0 Å². The zero-order valence-corrected chi connectivity index (χ0v) is 10.2. The van der Waals surface area contributed by atoms with Crippen LogP contribution >= 0.6 is 0 Å². The Hall–Kier alpha value is -2.33. The van der Waals surface area contributed by atoms with E-state index in [1.54, 1.807) is 0 Å². The molecule has 0 saturated carbocycles. The average Bonchev–Trinajstić information content (AvgIpc) is 2.46. The topological polar surface area (TPSA) is 4.36 Å². The minimum Gasteiger partial charge on any atom is -0.308 e. The van der Waals surface area contributed by atoms with Gasteiger partial charge in [-0.1, -0.05) is 72.8 Å². The van der Waals surface area contributed by atoms with Crippen LogP contribution in [0.2, 0.25) is 0 Å². The second-order valence-electron chi connectivity index (χ2n) is 4.10. The summed E-state index contributed by atoms with van der Waals surface area (Å²) in [6.07, 6.45) is 4.90. The van der Waals surface area contributed by atoms with Crippen molar-refractivity contribution in [1.82, 2.24) is 0 Å². The van der Waals surface area contributed by atoms with Crippen molar-refractivity contribution >= 4 is 6.08 Å². The lowest BCUT2D eigenvalue weighted by atomic mass is 10.0. The fourth-order valence-corrected chi connectivity index (χ4v) is 1.84. The van der Waals surface area contributed by atoms with Gasteiger partial charge in [-0.2, -0.15) is 0 Å². The van der Waals surface area contributed by atoms with E-state index in [-0.39, 0.29) is 6.04 Å². The van der Waals surface area contributed by atoms with Crippen LogP contribution in [0.4, 0.5) is 0 Å². The average molecular weight is 233 g/mol. The van der Waals surface area contributed by atoms with E-state index in [9.17, 15) is 0 Å². The molecule has 0 saturated heterocycles. The second-order valence-corrected chi connectivity index (χ2v) is 4.10. The fourth-order valence-electron chi connectivity index (χ4n) is 1.84. The van der Waals surface area contributed by atoms with Gasteiger partial charge in [0.2, 0.25) is 0 Å². The maximum absolute atomic E-state index is 7.27. The molecule has 88 valence electrons. The van der Waals surface area contributed by atoms with Gasteiger partial charge in [0.1, 0.15) is 0 Å². The summed E-state index contributed by atoms with van der Waals surface area (Å²) in [7, 11) is 0. The molecule has 1 heteroatoms. The molecule has 0 aliphatic rings. The monoisotopic (exact) mass is 233 g/mol. The predicted molar refractivity (Wildman–Crippen MR) is 75.9 cm³/mol. The first-order chi connectivity index (χ1) is 8.90. The molecule has 0 bridgehead atoms. The lowest BCUT2D eigenvalue weighted by Gasteiger charge is -2.02. The van der Waals surface area contributed by atoms with Gasteiger partial charge in [0.15, 0.2) is 0 Å². The summed E-state index contributed by atoms with van der Waals surface area (Å²) in [6, 6.07) is 20.0. The molecule has 1 nitrogen and oxygen atoms in total. The van der Waals surface area contributed by atoms with Gasteiger partial charge >= 0.3 is 0 Å². The molecule has 0 amide bonds. The van der Waals surface area contributed by atoms with Crippen LogP contribution in [0, 0.1) is 6.57 Å². The van der Waals surface area contributed by atoms with Crippen molar-refractivity contribution in [2.24, 2.45) is 0 Å². The Morgan fingerprint density at radius 2 is 1.56 bits per heavy atom. The van der Waals surface area contributed by atoms with Crippen LogP contribution < -0.4 is 0 Å². The van der Waals surface area contributed by atoms with Crippen LogP contribution in [-0.4, -0.2) is 0 Å². The number of hydrogen-bond donors (Lipinski definition) is 0. The van der Waals surface area contributed by atoms with Gasteiger partial charge in [0, 0.05) is 12.0 Å². The maximum atomic E-state index is 7.27. The molecule has 0 N–H and O–H groups in total. The lowest BCUT2D eigenvalue weighted by Crippen LogP contribution is -1.90. The van der Waals surface area contributed by atoms with Crippen LogP contribution in [0.1, 0.15) is 23.6 Å².